The first kappa shape index (κ1) is 16.3. The maximum atomic E-state index is 9.20. The number of ether oxygens (including phenoxy) is 4. The molecule has 17 heavy (non-hydrogen) atoms. The highest BCUT2D eigenvalue weighted by atomic mass is 16.7. The monoisotopic (exact) mass is 245 g/mol. The van der Waals surface area contributed by atoms with Crippen molar-refractivity contribution in [1.82, 2.24) is 0 Å². The summed E-state index contributed by atoms with van der Waals surface area (Å²) in [6, 6.07) is 2.14. The Hall–Kier alpha value is -0.670. The van der Waals surface area contributed by atoms with E-state index in [4.69, 9.17) is 18.9 Å². The van der Waals surface area contributed by atoms with Gasteiger partial charge in [0.25, 0.3) is 0 Å². The van der Waals surface area contributed by atoms with Gasteiger partial charge in [0.05, 0.1) is 6.07 Å². The van der Waals surface area contributed by atoms with Crippen molar-refractivity contribution < 1.29 is 18.9 Å². The molecule has 0 saturated carbocycles. The van der Waals surface area contributed by atoms with Gasteiger partial charge in [0.2, 0.25) is 0 Å². The third kappa shape index (κ3) is 5.99. The zero-order chi connectivity index (χ0) is 13.1. The van der Waals surface area contributed by atoms with Gasteiger partial charge in [-0.25, -0.2) is 0 Å². The third-order valence-electron chi connectivity index (χ3n) is 2.06. The molecule has 0 aliphatic heterocycles. The lowest BCUT2D eigenvalue weighted by molar-refractivity contribution is -0.232. The van der Waals surface area contributed by atoms with Crippen molar-refractivity contribution in [3.63, 3.8) is 0 Å². The Labute approximate surface area is 104 Å². The first-order valence-corrected chi connectivity index (χ1v) is 6.10. The van der Waals surface area contributed by atoms with Crippen LogP contribution in [0.15, 0.2) is 0 Å². The van der Waals surface area contributed by atoms with Gasteiger partial charge in [0, 0.05) is 26.4 Å². The van der Waals surface area contributed by atoms with Crippen molar-refractivity contribution in [2.45, 2.75) is 40.3 Å². The van der Waals surface area contributed by atoms with Gasteiger partial charge in [-0.1, -0.05) is 0 Å². The fraction of sp³-hybridized carbons (Fsp3) is 0.917. The standard InChI is InChI=1S/C12H23NO4/c1-5-14-11(15-6-2)10(9-13)12(16-7-3)17-8-4/h10-12H,5-8H2,1-4H3. The lowest BCUT2D eigenvalue weighted by Gasteiger charge is -2.27. The number of nitrogens with zero attached hydrogens (tertiary/aromatic N) is 1. The Bertz CT molecular complexity index is 189. The summed E-state index contributed by atoms with van der Waals surface area (Å²) in [5.41, 5.74) is 0. The van der Waals surface area contributed by atoms with E-state index < -0.39 is 18.5 Å². The molecule has 0 fully saturated rings. The van der Waals surface area contributed by atoms with Gasteiger partial charge >= 0.3 is 0 Å². The average Bonchev–Trinajstić information content (AvgIpc) is 2.31. The van der Waals surface area contributed by atoms with Crippen LogP contribution in [0.1, 0.15) is 27.7 Å². The number of rotatable bonds is 10. The van der Waals surface area contributed by atoms with E-state index >= 15 is 0 Å². The molecule has 5 nitrogen and oxygen atoms in total. The van der Waals surface area contributed by atoms with E-state index in [9.17, 15) is 5.26 Å². The van der Waals surface area contributed by atoms with Crippen LogP contribution in [-0.2, 0) is 18.9 Å². The molecule has 0 N–H and O–H groups in total. The smallest absolute Gasteiger partial charge is 0.178 e. The Balaban J connectivity index is 4.63. The molecule has 5 heteroatoms. The zero-order valence-electron chi connectivity index (χ0n) is 11.1. The zero-order valence-corrected chi connectivity index (χ0v) is 11.1. The predicted octanol–water partition coefficient (Wildman–Crippen LogP) is 1.92. The maximum Gasteiger partial charge on any atom is 0.178 e. The largest absolute Gasteiger partial charge is 0.351 e. The summed E-state index contributed by atoms with van der Waals surface area (Å²) in [5, 5.41) is 9.20. The topological polar surface area (TPSA) is 60.7 Å². The van der Waals surface area contributed by atoms with Gasteiger partial charge in [-0.2, -0.15) is 5.26 Å². The van der Waals surface area contributed by atoms with Crippen LogP contribution in [0.25, 0.3) is 0 Å². The lowest BCUT2D eigenvalue weighted by Crippen LogP contribution is -2.38. The third-order valence-corrected chi connectivity index (χ3v) is 2.06. The van der Waals surface area contributed by atoms with E-state index in [-0.39, 0.29) is 0 Å². The van der Waals surface area contributed by atoms with Crippen molar-refractivity contribution in [2.24, 2.45) is 5.92 Å². The first-order valence-electron chi connectivity index (χ1n) is 6.10. The Morgan fingerprint density at radius 2 is 1.06 bits per heavy atom. The molecule has 0 aromatic rings. The molecule has 0 aliphatic rings. The molecule has 0 unspecified atom stereocenters. The van der Waals surface area contributed by atoms with Crippen molar-refractivity contribution in [1.29, 1.82) is 5.26 Å². The van der Waals surface area contributed by atoms with Crippen molar-refractivity contribution >= 4 is 0 Å². The van der Waals surface area contributed by atoms with E-state index in [0.29, 0.717) is 26.4 Å². The molecular formula is C12H23NO4. The van der Waals surface area contributed by atoms with Gasteiger partial charge in [-0.05, 0) is 27.7 Å². The Morgan fingerprint density at radius 1 is 0.765 bits per heavy atom. The summed E-state index contributed by atoms with van der Waals surface area (Å²) in [5.74, 6) is -0.588. The number of hydrogen-bond donors (Lipinski definition) is 0. The fourth-order valence-electron chi connectivity index (χ4n) is 1.42. The molecule has 0 saturated heterocycles. The number of hydrogen-bond acceptors (Lipinski definition) is 5. The minimum absolute atomic E-state index is 0.480. The highest BCUT2D eigenvalue weighted by molar-refractivity contribution is 4.88. The first-order chi connectivity index (χ1) is 8.24. The Morgan fingerprint density at radius 3 is 1.24 bits per heavy atom. The van der Waals surface area contributed by atoms with E-state index in [0.717, 1.165) is 0 Å². The van der Waals surface area contributed by atoms with Crippen LogP contribution in [0.2, 0.25) is 0 Å². The van der Waals surface area contributed by atoms with Crippen LogP contribution in [0, 0.1) is 17.2 Å². The highest BCUT2D eigenvalue weighted by Gasteiger charge is 2.32. The second kappa shape index (κ2) is 10.5. The summed E-state index contributed by atoms with van der Waals surface area (Å²) in [4.78, 5) is 0. The Kier molecular flexibility index (Phi) is 10.1. The SMILES string of the molecule is CCOC(OCC)C(C#N)C(OCC)OCC. The highest BCUT2D eigenvalue weighted by Crippen LogP contribution is 2.18. The van der Waals surface area contributed by atoms with Gasteiger partial charge < -0.3 is 18.9 Å². The predicted molar refractivity (Wildman–Crippen MR) is 63.2 cm³/mol. The molecule has 0 amide bonds. The van der Waals surface area contributed by atoms with Crippen molar-refractivity contribution in [2.75, 3.05) is 26.4 Å². The molecule has 0 rings (SSSR count). The van der Waals surface area contributed by atoms with Gasteiger partial charge in [-0.15, -0.1) is 0 Å². The molecule has 0 aromatic carbocycles. The van der Waals surface area contributed by atoms with Crippen LogP contribution in [0.4, 0.5) is 0 Å². The fourth-order valence-corrected chi connectivity index (χ4v) is 1.42. The van der Waals surface area contributed by atoms with Crippen LogP contribution < -0.4 is 0 Å². The number of nitriles is 1. The second-order valence-corrected chi connectivity index (χ2v) is 3.21. The molecular weight excluding hydrogens is 222 g/mol. The van der Waals surface area contributed by atoms with E-state index in [2.05, 4.69) is 6.07 Å². The van der Waals surface area contributed by atoms with E-state index in [1.807, 2.05) is 27.7 Å². The molecule has 0 aliphatic carbocycles. The van der Waals surface area contributed by atoms with Gasteiger partial charge in [-0.3, -0.25) is 0 Å². The summed E-state index contributed by atoms with van der Waals surface area (Å²) in [6.07, 6.45) is -1.23. The van der Waals surface area contributed by atoms with E-state index in [1.165, 1.54) is 0 Å². The molecule has 0 atom stereocenters. The summed E-state index contributed by atoms with van der Waals surface area (Å²) < 4.78 is 21.6. The van der Waals surface area contributed by atoms with Crippen LogP contribution in [-0.4, -0.2) is 39.0 Å². The van der Waals surface area contributed by atoms with Gasteiger partial charge in [0.15, 0.2) is 12.6 Å². The summed E-state index contributed by atoms with van der Waals surface area (Å²) >= 11 is 0. The maximum absolute atomic E-state index is 9.20. The molecule has 0 bridgehead atoms. The van der Waals surface area contributed by atoms with Crippen LogP contribution in [0.3, 0.4) is 0 Å². The molecule has 0 radical (unpaired) electrons. The van der Waals surface area contributed by atoms with Crippen molar-refractivity contribution in [3.05, 3.63) is 0 Å². The quantitative estimate of drug-likeness (QED) is 0.550. The van der Waals surface area contributed by atoms with Crippen LogP contribution >= 0.6 is 0 Å². The molecule has 100 valence electrons. The summed E-state index contributed by atoms with van der Waals surface area (Å²) in [6.45, 7) is 9.35. The molecule has 0 heterocycles. The van der Waals surface area contributed by atoms with Gasteiger partial charge in [0.1, 0.15) is 5.92 Å². The minimum atomic E-state index is -0.613. The van der Waals surface area contributed by atoms with Crippen LogP contribution in [0.5, 0.6) is 0 Å². The molecule has 0 aromatic heterocycles. The summed E-state index contributed by atoms with van der Waals surface area (Å²) in [7, 11) is 0. The minimum Gasteiger partial charge on any atom is -0.351 e. The normalized spacial score (nSPS) is 11.4. The average molecular weight is 245 g/mol. The second-order valence-electron chi connectivity index (χ2n) is 3.21. The molecule has 0 spiro atoms. The van der Waals surface area contributed by atoms with E-state index in [1.54, 1.807) is 0 Å². The van der Waals surface area contributed by atoms with Crippen molar-refractivity contribution in [3.8, 4) is 6.07 Å². The lowest BCUT2D eigenvalue weighted by atomic mass is 10.1.